The first-order chi connectivity index (χ1) is 26.3. The molecule has 6 aromatic carbocycles. The highest BCUT2D eigenvalue weighted by atomic mass is 15.0. The first-order valence-electron chi connectivity index (χ1n) is 20.4. The van der Waals surface area contributed by atoms with Gasteiger partial charge in [0.05, 0.1) is 22.1 Å². The molecule has 0 bridgehead atoms. The van der Waals surface area contributed by atoms with E-state index >= 15 is 0 Å². The van der Waals surface area contributed by atoms with Crippen LogP contribution >= 0.6 is 0 Å². The van der Waals surface area contributed by atoms with Crippen molar-refractivity contribution in [3.63, 3.8) is 0 Å². The molecule has 2 heteroatoms. The molecule has 300 valence electrons. The number of aromatic nitrogens is 2. The van der Waals surface area contributed by atoms with Crippen LogP contribution in [-0.2, 0) is 0 Å². The Morgan fingerprint density at radius 1 is 0.273 bits per heavy atom. The lowest BCUT2D eigenvalue weighted by atomic mass is 10.2. The van der Waals surface area contributed by atoms with Crippen molar-refractivity contribution in [2.75, 3.05) is 0 Å². The summed E-state index contributed by atoms with van der Waals surface area (Å²) < 4.78 is 4.65. The van der Waals surface area contributed by atoms with Crippen LogP contribution in [-0.4, -0.2) is 9.13 Å². The standard InChI is InChI=1S/2C18H13N.C3H8.6C2H6.2CH4/c2*1-2-8-14(9-3-1)19-17-12-6-4-10-15(17)16-11-5-7-13-18(16)19;1-3-2;6*1-2;;/h2*1-13H;3H2,1-2H3;6*1-2H3;2*1H4. The van der Waals surface area contributed by atoms with Gasteiger partial charge in [-0.3, -0.25) is 0 Å². The summed E-state index contributed by atoms with van der Waals surface area (Å²) in [5, 5.41) is 5.23. The number of benzene rings is 6. The largest absolute Gasteiger partial charge is 0.309 e. The van der Waals surface area contributed by atoms with Crippen LogP contribution in [0.4, 0.5) is 0 Å². The zero-order chi connectivity index (χ0) is 40.0. The predicted octanol–water partition coefficient (Wildman–Crippen LogP) is 18.4. The average molecular weight is 743 g/mol. The Bertz CT molecular complexity index is 1770. The van der Waals surface area contributed by atoms with Crippen LogP contribution in [0.25, 0.3) is 55.0 Å². The van der Waals surface area contributed by atoms with E-state index in [2.05, 4.69) is 181 Å². The molecule has 2 heterocycles. The normalized spacial score (nSPS) is 8.69. The van der Waals surface area contributed by atoms with Gasteiger partial charge in [-0.2, -0.15) is 0 Å². The molecule has 0 fully saturated rings. The van der Waals surface area contributed by atoms with Gasteiger partial charge in [0.1, 0.15) is 0 Å². The Hall–Kier alpha value is -5.08. The van der Waals surface area contributed by atoms with Crippen LogP contribution < -0.4 is 0 Å². The van der Waals surface area contributed by atoms with Crippen molar-refractivity contribution >= 4 is 43.6 Å². The molecular weight excluding hydrogens is 665 g/mol. The summed E-state index contributed by atoms with van der Waals surface area (Å²) in [4.78, 5) is 0. The molecule has 0 aliphatic heterocycles. The molecule has 2 nitrogen and oxygen atoms in total. The molecule has 0 radical (unpaired) electrons. The van der Waals surface area contributed by atoms with E-state index in [1.54, 1.807) is 0 Å². The minimum absolute atomic E-state index is 0. The number of hydrogen-bond acceptors (Lipinski definition) is 0. The maximum atomic E-state index is 2.32. The zero-order valence-electron chi connectivity index (χ0n) is 35.6. The van der Waals surface area contributed by atoms with Gasteiger partial charge in [-0.1, -0.05) is 227 Å². The number of nitrogens with zero attached hydrogens (tertiary/aromatic N) is 2. The van der Waals surface area contributed by atoms with Crippen LogP contribution in [0, 0.1) is 0 Å². The highest BCUT2D eigenvalue weighted by molar-refractivity contribution is 6.10. The molecule has 8 rings (SSSR count). The summed E-state index contributed by atoms with van der Waals surface area (Å²) in [5.41, 5.74) is 7.45. The van der Waals surface area contributed by atoms with Crippen molar-refractivity contribution < 1.29 is 0 Å². The van der Waals surface area contributed by atoms with E-state index in [0.717, 1.165) is 0 Å². The monoisotopic (exact) mass is 743 g/mol. The summed E-state index contributed by atoms with van der Waals surface area (Å²) in [6, 6.07) is 55.3. The molecule has 8 aromatic rings. The zero-order valence-corrected chi connectivity index (χ0v) is 35.6. The molecule has 55 heavy (non-hydrogen) atoms. The summed E-state index contributed by atoms with van der Waals surface area (Å²) in [6.45, 7) is 28.2. The van der Waals surface area contributed by atoms with Crippen LogP contribution in [0.3, 0.4) is 0 Å². The van der Waals surface area contributed by atoms with E-state index in [1.165, 1.54) is 61.4 Å². The summed E-state index contributed by atoms with van der Waals surface area (Å²) in [7, 11) is 0. The Kier molecular flexibility index (Phi) is 33.0. The molecule has 0 spiro atoms. The Morgan fingerprint density at radius 2 is 0.436 bits per heavy atom. The van der Waals surface area contributed by atoms with E-state index in [-0.39, 0.29) is 14.9 Å². The second kappa shape index (κ2) is 33.5. The molecule has 0 aliphatic carbocycles. The third-order valence-corrected chi connectivity index (χ3v) is 7.19. The SMILES string of the molecule is C.C.CC.CC.CC.CC.CC.CC.CCC.c1ccc(-n2c3ccccc3c3ccccc32)cc1.c1ccc(-n2c3ccccc3c3ccccc32)cc1. The highest BCUT2D eigenvalue weighted by Crippen LogP contribution is 2.32. The van der Waals surface area contributed by atoms with Crippen LogP contribution in [0.5, 0.6) is 0 Å². The molecule has 0 atom stereocenters. The third kappa shape index (κ3) is 14.3. The van der Waals surface area contributed by atoms with Gasteiger partial charge >= 0.3 is 0 Å². The molecule has 0 unspecified atom stereocenters. The minimum atomic E-state index is 0. The van der Waals surface area contributed by atoms with Gasteiger partial charge in [-0.25, -0.2) is 0 Å². The number of fused-ring (bicyclic) bond motifs is 6. The maximum Gasteiger partial charge on any atom is 0.0541 e. The maximum absolute atomic E-state index is 2.32. The van der Waals surface area contributed by atoms with E-state index in [4.69, 9.17) is 0 Å². The van der Waals surface area contributed by atoms with Crippen molar-refractivity contribution in [1.82, 2.24) is 9.13 Å². The molecule has 0 saturated carbocycles. The first-order valence-corrected chi connectivity index (χ1v) is 20.4. The molecule has 0 amide bonds. The topological polar surface area (TPSA) is 9.86 Å². The molecule has 2 aromatic heterocycles. The minimum Gasteiger partial charge on any atom is -0.309 e. The van der Waals surface area contributed by atoms with Crippen molar-refractivity contribution in [3.05, 3.63) is 158 Å². The van der Waals surface area contributed by atoms with Gasteiger partial charge in [0.15, 0.2) is 0 Å². The lowest BCUT2D eigenvalue weighted by Gasteiger charge is -2.06. The Labute approximate surface area is 338 Å². The van der Waals surface area contributed by atoms with Crippen LogP contribution in [0.2, 0.25) is 0 Å². The summed E-state index contributed by atoms with van der Waals surface area (Å²) in [5.74, 6) is 0. The second-order valence-electron chi connectivity index (χ2n) is 10.1. The lowest BCUT2D eigenvalue weighted by Crippen LogP contribution is -1.92. The number of para-hydroxylation sites is 6. The smallest absolute Gasteiger partial charge is 0.0541 e. The quantitative estimate of drug-likeness (QED) is 0.167. The highest BCUT2D eigenvalue weighted by Gasteiger charge is 2.11. The molecule has 0 aliphatic rings. The third-order valence-electron chi connectivity index (χ3n) is 7.19. The van der Waals surface area contributed by atoms with Crippen molar-refractivity contribution in [2.24, 2.45) is 0 Å². The van der Waals surface area contributed by atoms with Crippen molar-refractivity contribution in [1.29, 1.82) is 0 Å². The Morgan fingerprint density at radius 3 is 0.636 bits per heavy atom. The molecule has 0 saturated heterocycles. The summed E-state index contributed by atoms with van der Waals surface area (Å²) in [6.07, 6.45) is 1.25. The number of hydrogen-bond donors (Lipinski definition) is 0. The van der Waals surface area contributed by atoms with Gasteiger partial charge in [-0.15, -0.1) is 0 Å². The van der Waals surface area contributed by atoms with Gasteiger partial charge in [0.25, 0.3) is 0 Å². The fourth-order valence-electron chi connectivity index (χ4n) is 5.56. The van der Waals surface area contributed by atoms with Crippen molar-refractivity contribution in [3.8, 4) is 11.4 Å². The molecule has 0 N–H and O–H groups in total. The second-order valence-corrected chi connectivity index (χ2v) is 10.1. The molecular formula is C53H78N2. The van der Waals surface area contributed by atoms with E-state index in [0.29, 0.717) is 0 Å². The average Bonchev–Trinajstić information content (AvgIpc) is 3.80. The van der Waals surface area contributed by atoms with Gasteiger partial charge < -0.3 is 9.13 Å². The van der Waals surface area contributed by atoms with Gasteiger partial charge in [0.2, 0.25) is 0 Å². The van der Waals surface area contributed by atoms with Crippen LogP contribution in [0.15, 0.2) is 158 Å². The van der Waals surface area contributed by atoms with Crippen LogP contribution in [0.1, 0.15) is 118 Å². The fourth-order valence-corrected chi connectivity index (χ4v) is 5.56. The van der Waals surface area contributed by atoms with Gasteiger partial charge in [-0.05, 0) is 48.5 Å². The van der Waals surface area contributed by atoms with Crippen molar-refractivity contribution in [2.45, 2.75) is 118 Å². The first kappa shape index (κ1) is 54.3. The Balaban J connectivity index is -0.000000714. The van der Waals surface area contributed by atoms with Gasteiger partial charge in [0, 0.05) is 32.9 Å². The van der Waals surface area contributed by atoms with E-state index in [1.807, 2.05) is 83.1 Å². The fraction of sp³-hybridized carbons (Fsp3) is 0.321. The van der Waals surface area contributed by atoms with E-state index in [9.17, 15) is 0 Å². The predicted molar refractivity (Wildman–Crippen MR) is 259 cm³/mol. The summed E-state index contributed by atoms with van der Waals surface area (Å²) >= 11 is 0. The number of rotatable bonds is 2. The van der Waals surface area contributed by atoms with E-state index < -0.39 is 0 Å². The lowest BCUT2D eigenvalue weighted by molar-refractivity contribution is 1.09.